The third-order valence-electron chi connectivity index (χ3n) is 3.17. The lowest BCUT2D eigenvalue weighted by molar-refractivity contribution is 0.1000. The van der Waals surface area contributed by atoms with E-state index in [9.17, 15) is 15.0 Å². The molecule has 5 heteroatoms. The number of carbonyl (C=O) groups excluding carboxylic acids is 1. The molecule has 0 aliphatic rings. The number of rotatable bonds is 5. The highest BCUT2D eigenvalue weighted by Crippen LogP contribution is 2.25. The molecule has 0 unspecified atom stereocenters. The minimum atomic E-state index is -0.301. The van der Waals surface area contributed by atoms with Gasteiger partial charge in [0, 0.05) is 24.4 Å². The van der Waals surface area contributed by atoms with Gasteiger partial charge in [0.15, 0.2) is 17.3 Å². The van der Waals surface area contributed by atoms with Crippen LogP contribution >= 0.6 is 0 Å². The SMILES string of the molecule is COc1cccc(N(C)CC(=O)c2ccc(O)c(O)c2)c1. The van der Waals surface area contributed by atoms with Gasteiger partial charge in [-0.05, 0) is 30.3 Å². The van der Waals surface area contributed by atoms with E-state index >= 15 is 0 Å². The molecule has 0 radical (unpaired) electrons. The van der Waals surface area contributed by atoms with Crippen molar-refractivity contribution >= 4 is 11.5 Å². The first-order valence-electron chi connectivity index (χ1n) is 6.41. The second-order valence-corrected chi connectivity index (χ2v) is 4.68. The molecule has 0 heterocycles. The van der Waals surface area contributed by atoms with Gasteiger partial charge >= 0.3 is 0 Å². The Morgan fingerprint density at radius 2 is 1.90 bits per heavy atom. The lowest BCUT2D eigenvalue weighted by atomic mass is 10.1. The zero-order valence-electron chi connectivity index (χ0n) is 11.9. The number of phenolic OH excluding ortho intramolecular Hbond substituents is 2. The Bertz CT molecular complexity index is 654. The maximum atomic E-state index is 12.2. The van der Waals surface area contributed by atoms with Gasteiger partial charge in [-0.3, -0.25) is 4.79 Å². The van der Waals surface area contributed by atoms with Crippen molar-refractivity contribution in [3.8, 4) is 17.2 Å². The molecule has 0 amide bonds. The molecule has 2 aromatic rings. The smallest absolute Gasteiger partial charge is 0.182 e. The van der Waals surface area contributed by atoms with Gasteiger partial charge in [-0.2, -0.15) is 0 Å². The van der Waals surface area contributed by atoms with Crippen LogP contribution in [-0.4, -0.2) is 36.7 Å². The van der Waals surface area contributed by atoms with Crippen LogP contribution in [0.15, 0.2) is 42.5 Å². The lowest BCUT2D eigenvalue weighted by Crippen LogP contribution is -2.25. The van der Waals surface area contributed by atoms with Crippen LogP contribution in [0.4, 0.5) is 5.69 Å². The predicted octanol–water partition coefficient (Wildman–Crippen LogP) is 2.43. The maximum Gasteiger partial charge on any atom is 0.182 e. The molecule has 0 atom stereocenters. The van der Waals surface area contributed by atoms with Gasteiger partial charge in [0.1, 0.15) is 5.75 Å². The van der Waals surface area contributed by atoms with Crippen LogP contribution in [0.2, 0.25) is 0 Å². The molecule has 0 bridgehead atoms. The first kappa shape index (κ1) is 14.7. The first-order chi connectivity index (χ1) is 10.0. The maximum absolute atomic E-state index is 12.2. The number of hydrogen-bond acceptors (Lipinski definition) is 5. The Balaban J connectivity index is 2.12. The molecule has 0 aliphatic heterocycles. The molecule has 0 spiro atoms. The average Bonchev–Trinajstić information content (AvgIpc) is 2.49. The normalized spacial score (nSPS) is 10.2. The summed E-state index contributed by atoms with van der Waals surface area (Å²) in [5.41, 5.74) is 1.20. The number of nitrogens with zero attached hydrogens (tertiary/aromatic N) is 1. The van der Waals surface area contributed by atoms with Crippen molar-refractivity contribution in [2.45, 2.75) is 0 Å². The lowest BCUT2D eigenvalue weighted by Gasteiger charge is -2.19. The van der Waals surface area contributed by atoms with Gasteiger partial charge in [0.05, 0.1) is 13.7 Å². The second kappa shape index (κ2) is 6.17. The number of aromatic hydroxyl groups is 2. The third kappa shape index (κ3) is 3.45. The van der Waals surface area contributed by atoms with Crippen LogP contribution in [0.3, 0.4) is 0 Å². The van der Waals surface area contributed by atoms with Gasteiger partial charge in [0.25, 0.3) is 0 Å². The molecule has 2 rings (SSSR count). The van der Waals surface area contributed by atoms with Crippen LogP contribution in [0.5, 0.6) is 17.2 Å². The minimum absolute atomic E-state index is 0.150. The Hall–Kier alpha value is -2.69. The molecule has 0 aromatic heterocycles. The van der Waals surface area contributed by atoms with Crippen LogP contribution in [-0.2, 0) is 0 Å². The quantitative estimate of drug-likeness (QED) is 0.653. The topological polar surface area (TPSA) is 70.0 Å². The zero-order valence-corrected chi connectivity index (χ0v) is 11.9. The van der Waals surface area contributed by atoms with E-state index in [1.165, 1.54) is 18.2 Å². The molecule has 0 fully saturated rings. The van der Waals surface area contributed by atoms with E-state index in [2.05, 4.69) is 0 Å². The molecule has 110 valence electrons. The number of carbonyl (C=O) groups is 1. The van der Waals surface area contributed by atoms with Crippen LogP contribution in [0, 0.1) is 0 Å². The molecule has 21 heavy (non-hydrogen) atoms. The van der Waals surface area contributed by atoms with E-state index < -0.39 is 0 Å². The Labute approximate surface area is 123 Å². The molecular formula is C16H17NO4. The van der Waals surface area contributed by atoms with E-state index in [4.69, 9.17) is 4.74 Å². The fraction of sp³-hybridized carbons (Fsp3) is 0.188. The van der Waals surface area contributed by atoms with Crippen molar-refractivity contribution in [2.24, 2.45) is 0 Å². The third-order valence-corrected chi connectivity index (χ3v) is 3.17. The fourth-order valence-corrected chi connectivity index (χ4v) is 1.94. The van der Waals surface area contributed by atoms with Gasteiger partial charge in [-0.25, -0.2) is 0 Å². The fourth-order valence-electron chi connectivity index (χ4n) is 1.94. The van der Waals surface area contributed by atoms with Crippen LogP contribution in [0.25, 0.3) is 0 Å². The Morgan fingerprint density at radius 1 is 1.14 bits per heavy atom. The van der Waals surface area contributed by atoms with Gasteiger partial charge < -0.3 is 19.8 Å². The summed E-state index contributed by atoms with van der Waals surface area (Å²) >= 11 is 0. The number of ether oxygens (including phenoxy) is 1. The van der Waals surface area contributed by atoms with E-state index in [0.29, 0.717) is 11.3 Å². The zero-order chi connectivity index (χ0) is 15.4. The number of methoxy groups -OCH3 is 1. The van der Waals surface area contributed by atoms with Crippen molar-refractivity contribution < 1.29 is 19.7 Å². The number of Topliss-reactive ketones (excluding diaryl/α,β-unsaturated/α-hetero) is 1. The number of hydrogen-bond donors (Lipinski definition) is 2. The molecule has 5 nitrogen and oxygen atoms in total. The van der Waals surface area contributed by atoms with E-state index in [1.54, 1.807) is 19.1 Å². The minimum Gasteiger partial charge on any atom is -0.504 e. The molecule has 0 saturated heterocycles. The van der Waals surface area contributed by atoms with Gasteiger partial charge in [-0.1, -0.05) is 6.07 Å². The summed E-state index contributed by atoms with van der Waals surface area (Å²) in [6, 6.07) is 11.4. The summed E-state index contributed by atoms with van der Waals surface area (Å²) in [6.45, 7) is 0.150. The highest BCUT2D eigenvalue weighted by molar-refractivity contribution is 5.99. The predicted molar refractivity (Wildman–Crippen MR) is 80.4 cm³/mol. The van der Waals surface area contributed by atoms with Gasteiger partial charge in [0.2, 0.25) is 0 Å². The molecular weight excluding hydrogens is 270 g/mol. The largest absolute Gasteiger partial charge is 0.504 e. The summed E-state index contributed by atoms with van der Waals surface area (Å²) in [5.74, 6) is 0.0160. The second-order valence-electron chi connectivity index (χ2n) is 4.68. The van der Waals surface area contributed by atoms with Crippen LogP contribution < -0.4 is 9.64 Å². The number of anilines is 1. The van der Waals surface area contributed by atoms with Crippen LogP contribution in [0.1, 0.15) is 10.4 Å². The van der Waals surface area contributed by atoms with Crippen molar-refractivity contribution in [3.63, 3.8) is 0 Å². The summed E-state index contributed by atoms with van der Waals surface area (Å²) in [5, 5.41) is 18.7. The molecule has 2 aromatic carbocycles. The molecule has 0 aliphatic carbocycles. The van der Waals surface area contributed by atoms with Crippen molar-refractivity contribution in [1.82, 2.24) is 0 Å². The number of benzene rings is 2. The molecule has 2 N–H and O–H groups in total. The van der Waals surface area contributed by atoms with E-state index in [0.717, 1.165) is 5.69 Å². The monoisotopic (exact) mass is 287 g/mol. The van der Waals surface area contributed by atoms with Crippen molar-refractivity contribution in [1.29, 1.82) is 0 Å². The summed E-state index contributed by atoms with van der Waals surface area (Å²) < 4.78 is 5.15. The highest BCUT2D eigenvalue weighted by atomic mass is 16.5. The molecule has 0 saturated carbocycles. The summed E-state index contributed by atoms with van der Waals surface area (Å²) in [7, 11) is 3.39. The summed E-state index contributed by atoms with van der Waals surface area (Å²) in [6.07, 6.45) is 0. The number of likely N-dealkylation sites (N-methyl/N-ethyl adjacent to an activating group) is 1. The van der Waals surface area contributed by atoms with E-state index in [-0.39, 0.29) is 23.8 Å². The summed E-state index contributed by atoms with van der Waals surface area (Å²) in [4.78, 5) is 14.0. The van der Waals surface area contributed by atoms with Gasteiger partial charge in [-0.15, -0.1) is 0 Å². The number of phenols is 2. The Kier molecular flexibility index (Phi) is 4.33. The van der Waals surface area contributed by atoms with E-state index in [1.807, 2.05) is 24.3 Å². The Morgan fingerprint density at radius 3 is 2.57 bits per heavy atom. The number of ketones is 1. The standard InChI is InChI=1S/C16H17NO4/c1-17(12-4-3-5-13(9-12)21-2)10-16(20)11-6-7-14(18)15(19)8-11/h3-9,18-19H,10H2,1-2H3. The average molecular weight is 287 g/mol. The van der Waals surface area contributed by atoms with Crippen molar-refractivity contribution in [3.05, 3.63) is 48.0 Å². The van der Waals surface area contributed by atoms with Crippen molar-refractivity contribution in [2.75, 3.05) is 25.6 Å². The first-order valence-corrected chi connectivity index (χ1v) is 6.41. The highest BCUT2D eigenvalue weighted by Gasteiger charge is 2.12.